The number of nitrogens with one attached hydrogen (secondary N) is 1. The van der Waals surface area contributed by atoms with Crippen LogP contribution in [-0.4, -0.2) is 67.0 Å². The number of unbranched alkanes of at least 4 members (excludes halogenated alkanes) is 11. The van der Waals surface area contributed by atoms with Crippen LogP contribution in [0.25, 0.3) is 0 Å². The van der Waals surface area contributed by atoms with E-state index < -0.39 is 54.5 Å². The van der Waals surface area contributed by atoms with Gasteiger partial charge >= 0.3 is 23.9 Å². The van der Waals surface area contributed by atoms with Gasteiger partial charge in [-0.2, -0.15) is 0 Å². The van der Waals surface area contributed by atoms with Crippen LogP contribution in [0.4, 0.5) is 0 Å². The lowest BCUT2D eigenvalue weighted by molar-refractivity contribution is -0.271. The molecule has 11 nitrogen and oxygen atoms in total. The normalized spacial score (nSPS) is 20.7. The Morgan fingerprint density at radius 3 is 1.78 bits per heavy atom. The molecule has 5 atom stereocenters. The van der Waals surface area contributed by atoms with Gasteiger partial charge in [0.2, 0.25) is 12.2 Å². The summed E-state index contributed by atoms with van der Waals surface area (Å²) in [5.41, 5.74) is 0.696. The van der Waals surface area contributed by atoms with Crippen LogP contribution < -0.4 is 5.32 Å². The van der Waals surface area contributed by atoms with Crippen LogP contribution in [0.1, 0.15) is 117 Å². The molecule has 0 saturated carbocycles. The first-order valence-electron chi connectivity index (χ1n) is 16.8. The Morgan fingerprint density at radius 2 is 1.24 bits per heavy atom. The third kappa shape index (κ3) is 15.7. The molecule has 1 aliphatic rings. The lowest BCUT2D eigenvalue weighted by Gasteiger charge is -2.44. The Labute approximate surface area is 273 Å². The minimum absolute atomic E-state index is 0.0829. The van der Waals surface area contributed by atoms with Gasteiger partial charge in [0.25, 0.3) is 0 Å². The maximum atomic E-state index is 13.1. The molecule has 2 rings (SSSR count). The molecule has 1 aliphatic heterocycles. The fourth-order valence-electron chi connectivity index (χ4n) is 5.47. The summed E-state index contributed by atoms with van der Waals surface area (Å²) in [5, 5.41) is 2.80. The molecule has 0 bridgehead atoms. The SMILES string of the molecule is CCCCCCCCCCCCCCC(=O)N[C@@H]1[C@@H](OC(=O)Cc2ccccc2)O[C@@H](COC(C)=O)[C@@H](OC(C)=O)[C@@H]1OC(C)=O. The summed E-state index contributed by atoms with van der Waals surface area (Å²) in [7, 11) is 0. The van der Waals surface area contributed by atoms with E-state index in [1.54, 1.807) is 24.3 Å². The molecule has 0 radical (unpaired) electrons. The molecule has 1 saturated heterocycles. The summed E-state index contributed by atoms with van der Waals surface area (Å²) in [4.78, 5) is 62.0. The van der Waals surface area contributed by atoms with Crippen molar-refractivity contribution in [3.05, 3.63) is 35.9 Å². The first kappa shape index (κ1) is 38.7. The zero-order valence-corrected chi connectivity index (χ0v) is 28.0. The lowest BCUT2D eigenvalue weighted by Crippen LogP contribution is -2.67. The minimum atomic E-state index is -1.43. The van der Waals surface area contributed by atoms with Crippen molar-refractivity contribution in [1.82, 2.24) is 5.32 Å². The summed E-state index contributed by atoms with van der Waals surface area (Å²) in [6, 6.07) is 7.71. The first-order chi connectivity index (χ1) is 22.1. The van der Waals surface area contributed by atoms with Crippen LogP contribution in [0.2, 0.25) is 0 Å². The molecule has 1 N–H and O–H groups in total. The van der Waals surface area contributed by atoms with Gasteiger partial charge in [-0.1, -0.05) is 108 Å². The highest BCUT2D eigenvalue weighted by molar-refractivity contribution is 5.77. The van der Waals surface area contributed by atoms with Crippen molar-refractivity contribution in [2.24, 2.45) is 0 Å². The van der Waals surface area contributed by atoms with Gasteiger partial charge in [0.1, 0.15) is 18.8 Å². The number of benzene rings is 1. The van der Waals surface area contributed by atoms with Gasteiger partial charge in [-0.05, 0) is 12.0 Å². The number of carbonyl (C=O) groups excluding carboxylic acids is 5. The standard InChI is InChI=1S/C35H53NO10/c1-5-6-7-8-9-10-11-12-13-14-15-19-22-30(40)36-32-34(44-27(4)39)33(43-26(3)38)29(24-42-25(2)37)45-35(32)46-31(41)23-28-20-17-16-18-21-28/h16-18,20-21,29,32-35H,5-15,19,22-24H2,1-4H3,(H,36,40)/t29-,32-,33+,34+,35+/m0/s1. The topological polar surface area (TPSA) is 144 Å². The Bertz CT molecular complexity index is 1080. The van der Waals surface area contributed by atoms with E-state index in [1.807, 2.05) is 6.07 Å². The fraction of sp³-hybridized carbons (Fsp3) is 0.686. The molecule has 1 heterocycles. The predicted octanol–water partition coefficient (Wildman–Crippen LogP) is 5.50. The van der Waals surface area contributed by atoms with E-state index in [0.29, 0.717) is 12.0 Å². The zero-order chi connectivity index (χ0) is 33.7. The van der Waals surface area contributed by atoms with Gasteiger partial charge in [-0.25, -0.2) is 0 Å². The number of hydrogen-bond donors (Lipinski definition) is 1. The predicted molar refractivity (Wildman–Crippen MR) is 170 cm³/mol. The second-order valence-corrected chi connectivity index (χ2v) is 11.9. The molecular formula is C35H53NO10. The van der Waals surface area contributed by atoms with Crippen LogP contribution in [0.3, 0.4) is 0 Å². The van der Waals surface area contributed by atoms with E-state index in [-0.39, 0.29) is 25.4 Å². The van der Waals surface area contributed by atoms with Crippen molar-refractivity contribution in [1.29, 1.82) is 0 Å². The average Bonchev–Trinajstić information content (AvgIpc) is 2.99. The smallest absolute Gasteiger partial charge is 0.312 e. The monoisotopic (exact) mass is 647 g/mol. The van der Waals surface area contributed by atoms with Crippen molar-refractivity contribution >= 4 is 29.8 Å². The van der Waals surface area contributed by atoms with E-state index >= 15 is 0 Å². The Hall–Kier alpha value is -3.47. The minimum Gasteiger partial charge on any atom is -0.463 e. The molecule has 0 spiro atoms. The molecule has 1 fully saturated rings. The molecule has 0 aromatic heterocycles. The second-order valence-electron chi connectivity index (χ2n) is 11.9. The molecule has 0 aliphatic carbocycles. The fourth-order valence-corrected chi connectivity index (χ4v) is 5.47. The molecule has 11 heteroatoms. The van der Waals surface area contributed by atoms with Gasteiger partial charge < -0.3 is 29.0 Å². The molecule has 258 valence electrons. The molecule has 1 aromatic rings. The highest BCUT2D eigenvalue weighted by atomic mass is 16.7. The van der Waals surface area contributed by atoms with Crippen molar-refractivity contribution in [3.63, 3.8) is 0 Å². The Balaban J connectivity index is 2.06. The largest absolute Gasteiger partial charge is 0.463 e. The zero-order valence-electron chi connectivity index (χ0n) is 28.0. The summed E-state index contributed by atoms with van der Waals surface area (Å²) in [6.45, 7) is 5.38. The highest BCUT2D eigenvalue weighted by Crippen LogP contribution is 2.28. The van der Waals surface area contributed by atoms with Crippen LogP contribution in [0.15, 0.2) is 30.3 Å². The van der Waals surface area contributed by atoms with Crippen molar-refractivity contribution < 1.29 is 47.7 Å². The molecule has 1 amide bonds. The van der Waals surface area contributed by atoms with Gasteiger partial charge in [-0.3, -0.25) is 24.0 Å². The van der Waals surface area contributed by atoms with Crippen LogP contribution in [0.5, 0.6) is 0 Å². The van der Waals surface area contributed by atoms with Crippen LogP contribution in [0, 0.1) is 0 Å². The van der Waals surface area contributed by atoms with Gasteiger partial charge in [0, 0.05) is 27.2 Å². The maximum Gasteiger partial charge on any atom is 0.312 e. The number of rotatable bonds is 21. The molecule has 46 heavy (non-hydrogen) atoms. The summed E-state index contributed by atoms with van der Waals surface area (Å²) >= 11 is 0. The van der Waals surface area contributed by atoms with Gasteiger partial charge in [-0.15, -0.1) is 0 Å². The molecule has 0 unspecified atom stereocenters. The summed E-state index contributed by atoms with van der Waals surface area (Å²) in [5.74, 6) is -3.06. The number of amides is 1. The Morgan fingerprint density at radius 1 is 0.696 bits per heavy atom. The molecule has 1 aromatic carbocycles. The third-order valence-corrected chi connectivity index (χ3v) is 7.73. The number of carbonyl (C=O) groups is 5. The summed E-state index contributed by atoms with van der Waals surface area (Å²) < 4.78 is 27.8. The van der Waals surface area contributed by atoms with Crippen molar-refractivity contribution in [2.75, 3.05) is 6.61 Å². The van der Waals surface area contributed by atoms with E-state index in [4.69, 9.17) is 23.7 Å². The van der Waals surface area contributed by atoms with E-state index in [2.05, 4.69) is 12.2 Å². The van der Waals surface area contributed by atoms with Crippen LogP contribution >= 0.6 is 0 Å². The second kappa shape index (κ2) is 22.1. The third-order valence-electron chi connectivity index (χ3n) is 7.73. The quantitative estimate of drug-likeness (QED) is 0.103. The van der Waals surface area contributed by atoms with Crippen LogP contribution in [-0.2, 0) is 54.1 Å². The van der Waals surface area contributed by atoms with Crippen molar-refractivity contribution in [2.45, 2.75) is 148 Å². The Kier molecular flexibility index (Phi) is 18.6. The molecular weight excluding hydrogens is 594 g/mol. The number of hydrogen-bond acceptors (Lipinski definition) is 10. The maximum absolute atomic E-state index is 13.1. The van der Waals surface area contributed by atoms with E-state index in [9.17, 15) is 24.0 Å². The van der Waals surface area contributed by atoms with Gasteiger partial charge in [0.05, 0.1) is 6.42 Å². The highest BCUT2D eigenvalue weighted by Gasteiger charge is 2.52. The van der Waals surface area contributed by atoms with E-state index in [0.717, 1.165) is 19.3 Å². The first-order valence-corrected chi connectivity index (χ1v) is 16.8. The summed E-state index contributed by atoms with van der Waals surface area (Å²) in [6.07, 6.45) is 8.84. The van der Waals surface area contributed by atoms with Gasteiger partial charge in [0.15, 0.2) is 12.2 Å². The average molecular weight is 648 g/mol. The number of esters is 4. The number of ether oxygens (including phenoxy) is 5. The lowest BCUT2D eigenvalue weighted by atomic mass is 9.95. The van der Waals surface area contributed by atoms with Crippen molar-refractivity contribution in [3.8, 4) is 0 Å². The van der Waals surface area contributed by atoms with E-state index in [1.165, 1.54) is 72.1 Å².